The van der Waals surface area contributed by atoms with Gasteiger partial charge in [0.15, 0.2) is 0 Å². The van der Waals surface area contributed by atoms with Crippen LogP contribution in [0.15, 0.2) is 35.5 Å². The number of aromatic amines is 1. The molecule has 5 heteroatoms. The molecule has 2 aromatic rings. The first kappa shape index (κ1) is 12.1. The molecule has 1 aliphatic heterocycles. The van der Waals surface area contributed by atoms with Crippen LogP contribution in [0.5, 0.6) is 0 Å². The topological polar surface area (TPSA) is 48.9 Å². The molecule has 2 atom stereocenters. The SMILES string of the molecule is O[C@@H]1c2ccc(Cl)cc2SC[C@@H]1Cc1ncc[nH]1. The summed E-state index contributed by atoms with van der Waals surface area (Å²) in [5, 5.41) is 11.1. The van der Waals surface area contributed by atoms with Crippen LogP contribution < -0.4 is 0 Å². The van der Waals surface area contributed by atoms with E-state index in [0.29, 0.717) is 0 Å². The number of H-pyrrole nitrogens is 1. The predicted molar refractivity (Wildman–Crippen MR) is 72.9 cm³/mol. The van der Waals surface area contributed by atoms with E-state index in [0.717, 1.165) is 33.5 Å². The molecule has 3 nitrogen and oxygen atoms in total. The number of benzene rings is 1. The quantitative estimate of drug-likeness (QED) is 0.889. The fourth-order valence-electron chi connectivity index (χ4n) is 2.25. The second kappa shape index (κ2) is 4.96. The van der Waals surface area contributed by atoms with Crippen molar-refractivity contribution in [1.82, 2.24) is 9.97 Å². The number of hydrogen-bond donors (Lipinski definition) is 2. The maximum absolute atomic E-state index is 10.4. The molecule has 94 valence electrons. The standard InChI is InChI=1S/C13H13ClN2OS/c14-9-1-2-10-11(6-9)18-7-8(13(10)17)5-12-15-3-4-16-12/h1-4,6,8,13,17H,5,7H2,(H,15,16)/t8-,13-/m0/s1. The molecule has 0 radical (unpaired) electrons. The van der Waals surface area contributed by atoms with Crippen molar-refractivity contribution >= 4 is 23.4 Å². The Morgan fingerprint density at radius 3 is 3.17 bits per heavy atom. The summed E-state index contributed by atoms with van der Waals surface area (Å²) in [6.45, 7) is 0. The van der Waals surface area contributed by atoms with E-state index in [1.165, 1.54) is 0 Å². The number of halogens is 1. The van der Waals surface area contributed by atoms with Crippen LogP contribution in [0, 0.1) is 5.92 Å². The third-order valence-electron chi connectivity index (χ3n) is 3.20. The van der Waals surface area contributed by atoms with E-state index >= 15 is 0 Å². The molecule has 0 amide bonds. The van der Waals surface area contributed by atoms with Crippen molar-refractivity contribution in [3.05, 3.63) is 47.0 Å². The zero-order valence-electron chi connectivity index (χ0n) is 9.64. The number of thioether (sulfide) groups is 1. The van der Waals surface area contributed by atoms with Crippen LogP contribution in [0.2, 0.25) is 5.02 Å². The van der Waals surface area contributed by atoms with Gasteiger partial charge in [-0.3, -0.25) is 0 Å². The largest absolute Gasteiger partial charge is 0.388 e. The second-order valence-electron chi connectivity index (χ2n) is 4.44. The van der Waals surface area contributed by atoms with Gasteiger partial charge in [0.1, 0.15) is 5.82 Å². The van der Waals surface area contributed by atoms with Gasteiger partial charge in [-0.15, -0.1) is 11.8 Å². The summed E-state index contributed by atoms with van der Waals surface area (Å²) in [6, 6.07) is 5.68. The number of aromatic nitrogens is 2. The van der Waals surface area contributed by atoms with Crippen molar-refractivity contribution in [2.75, 3.05) is 5.75 Å². The minimum Gasteiger partial charge on any atom is -0.388 e. The molecule has 2 heterocycles. The third-order valence-corrected chi connectivity index (χ3v) is 4.70. The Morgan fingerprint density at radius 1 is 1.50 bits per heavy atom. The number of hydrogen-bond acceptors (Lipinski definition) is 3. The van der Waals surface area contributed by atoms with E-state index in [1.807, 2.05) is 24.4 Å². The van der Waals surface area contributed by atoms with Gasteiger partial charge in [-0.25, -0.2) is 4.98 Å². The first-order valence-corrected chi connectivity index (χ1v) is 7.19. The van der Waals surface area contributed by atoms with Crippen LogP contribution in [0.25, 0.3) is 0 Å². The number of imidazole rings is 1. The zero-order valence-corrected chi connectivity index (χ0v) is 11.2. The number of rotatable bonds is 2. The van der Waals surface area contributed by atoms with Gasteiger partial charge in [-0.05, 0) is 17.7 Å². The van der Waals surface area contributed by atoms with Crippen LogP contribution in [-0.2, 0) is 6.42 Å². The molecule has 18 heavy (non-hydrogen) atoms. The summed E-state index contributed by atoms with van der Waals surface area (Å²) in [5.41, 5.74) is 0.979. The number of nitrogens with zero attached hydrogens (tertiary/aromatic N) is 1. The lowest BCUT2D eigenvalue weighted by molar-refractivity contribution is 0.114. The molecule has 0 saturated carbocycles. The van der Waals surface area contributed by atoms with Crippen LogP contribution in [0.3, 0.4) is 0 Å². The highest BCUT2D eigenvalue weighted by Crippen LogP contribution is 2.41. The molecule has 1 aliphatic rings. The highest BCUT2D eigenvalue weighted by molar-refractivity contribution is 7.99. The second-order valence-corrected chi connectivity index (χ2v) is 5.94. The molecule has 0 bridgehead atoms. The Labute approximate surface area is 115 Å². The van der Waals surface area contributed by atoms with Crippen molar-refractivity contribution in [2.45, 2.75) is 17.4 Å². The van der Waals surface area contributed by atoms with Crippen molar-refractivity contribution in [3.8, 4) is 0 Å². The molecular formula is C13H13ClN2OS. The molecule has 3 rings (SSSR count). The predicted octanol–water partition coefficient (Wildman–Crippen LogP) is 3.06. The lowest BCUT2D eigenvalue weighted by atomic mass is 9.93. The van der Waals surface area contributed by atoms with E-state index in [4.69, 9.17) is 11.6 Å². The monoisotopic (exact) mass is 280 g/mol. The number of aliphatic hydroxyl groups is 1. The molecule has 1 aromatic carbocycles. The van der Waals surface area contributed by atoms with E-state index in [9.17, 15) is 5.11 Å². The average Bonchev–Trinajstić information content (AvgIpc) is 2.85. The molecule has 0 unspecified atom stereocenters. The van der Waals surface area contributed by atoms with Crippen molar-refractivity contribution < 1.29 is 5.11 Å². The third kappa shape index (κ3) is 2.28. The summed E-state index contributed by atoms with van der Waals surface area (Å²) in [5.74, 6) is 2.00. The van der Waals surface area contributed by atoms with Gasteiger partial charge in [0.2, 0.25) is 0 Å². The van der Waals surface area contributed by atoms with E-state index in [-0.39, 0.29) is 5.92 Å². The van der Waals surface area contributed by atoms with Gasteiger partial charge in [-0.2, -0.15) is 0 Å². The number of fused-ring (bicyclic) bond motifs is 1. The normalized spacial score (nSPS) is 22.8. The highest BCUT2D eigenvalue weighted by Gasteiger charge is 2.29. The molecular weight excluding hydrogens is 268 g/mol. The minimum atomic E-state index is -0.441. The summed E-state index contributed by atoms with van der Waals surface area (Å²) in [6.07, 6.45) is 3.88. The molecule has 0 saturated heterocycles. The van der Waals surface area contributed by atoms with Crippen LogP contribution in [0.1, 0.15) is 17.5 Å². The Hall–Kier alpha value is -0.970. The highest BCUT2D eigenvalue weighted by atomic mass is 35.5. The Balaban J connectivity index is 1.83. The zero-order chi connectivity index (χ0) is 12.5. The number of nitrogens with one attached hydrogen (secondary N) is 1. The van der Waals surface area contributed by atoms with Gasteiger partial charge < -0.3 is 10.1 Å². The maximum Gasteiger partial charge on any atom is 0.106 e. The molecule has 2 N–H and O–H groups in total. The van der Waals surface area contributed by atoms with Gasteiger partial charge in [0, 0.05) is 40.4 Å². The average molecular weight is 281 g/mol. The number of aliphatic hydroxyl groups excluding tert-OH is 1. The smallest absolute Gasteiger partial charge is 0.106 e. The summed E-state index contributed by atoms with van der Waals surface area (Å²) in [4.78, 5) is 8.39. The van der Waals surface area contributed by atoms with Crippen LogP contribution in [-0.4, -0.2) is 20.8 Å². The Kier molecular flexibility index (Phi) is 3.33. The molecule has 1 aromatic heterocycles. The Morgan fingerprint density at radius 2 is 2.39 bits per heavy atom. The van der Waals surface area contributed by atoms with Crippen LogP contribution in [0.4, 0.5) is 0 Å². The van der Waals surface area contributed by atoms with Crippen LogP contribution >= 0.6 is 23.4 Å². The first-order chi connectivity index (χ1) is 8.74. The van der Waals surface area contributed by atoms with Crippen molar-refractivity contribution in [2.24, 2.45) is 5.92 Å². The lowest BCUT2D eigenvalue weighted by Gasteiger charge is -2.29. The van der Waals surface area contributed by atoms with Crippen molar-refractivity contribution in [3.63, 3.8) is 0 Å². The van der Waals surface area contributed by atoms with Gasteiger partial charge >= 0.3 is 0 Å². The first-order valence-electron chi connectivity index (χ1n) is 5.82. The van der Waals surface area contributed by atoms with E-state index in [1.54, 1.807) is 18.0 Å². The Bertz CT molecular complexity index is 544. The summed E-state index contributed by atoms with van der Waals surface area (Å²) in [7, 11) is 0. The summed E-state index contributed by atoms with van der Waals surface area (Å²) >= 11 is 7.72. The van der Waals surface area contributed by atoms with Gasteiger partial charge in [0.25, 0.3) is 0 Å². The van der Waals surface area contributed by atoms with Gasteiger partial charge in [-0.1, -0.05) is 17.7 Å². The molecule has 0 aliphatic carbocycles. The van der Waals surface area contributed by atoms with E-state index in [2.05, 4.69) is 9.97 Å². The van der Waals surface area contributed by atoms with E-state index < -0.39 is 6.10 Å². The lowest BCUT2D eigenvalue weighted by Crippen LogP contribution is -2.22. The minimum absolute atomic E-state index is 0.190. The molecule has 0 spiro atoms. The fraction of sp³-hybridized carbons (Fsp3) is 0.308. The molecule has 0 fully saturated rings. The fourth-order valence-corrected chi connectivity index (χ4v) is 3.74. The van der Waals surface area contributed by atoms with Gasteiger partial charge in [0.05, 0.1) is 6.10 Å². The van der Waals surface area contributed by atoms with Crippen molar-refractivity contribution in [1.29, 1.82) is 0 Å². The maximum atomic E-state index is 10.4. The summed E-state index contributed by atoms with van der Waals surface area (Å²) < 4.78 is 0.